The lowest BCUT2D eigenvalue weighted by atomic mass is 10.1. The minimum atomic E-state index is -4.45. The van der Waals surface area contributed by atoms with Gasteiger partial charge in [-0.25, -0.2) is 0 Å². The molecule has 2 N–H and O–H groups in total. The molecule has 98 valence electrons. The Balaban J connectivity index is 2.62. The molecule has 0 saturated carbocycles. The van der Waals surface area contributed by atoms with Crippen molar-refractivity contribution in [2.45, 2.75) is 12.6 Å². The Hall–Kier alpha value is -2.05. The van der Waals surface area contributed by atoms with Crippen LogP contribution >= 0.6 is 0 Å². The number of carbonyl (C=O) groups excluding carboxylic acids is 1. The maximum Gasteiger partial charge on any atom is 0.416 e. The van der Waals surface area contributed by atoms with Crippen molar-refractivity contribution in [3.05, 3.63) is 35.4 Å². The molecule has 1 rings (SSSR count). The first kappa shape index (κ1) is 14.0. The van der Waals surface area contributed by atoms with Gasteiger partial charge in [-0.3, -0.25) is 9.59 Å². The fourth-order valence-corrected chi connectivity index (χ4v) is 1.20. The molecule has 4 nitrogen and oxygen atoms in total. The molecule has 7 heteroatoms. The molecular formula is C11H10F3NO3. The zero-order valence-corrected chi connectivity index (χ0v) is 9.12. The van der Waals surface area contributed by atoms with Crippen LogP contribution in [0.1, 0.15) is 22.3 Å². The first-order chi connectivity index (χ1) is 8.30. The molecule has 18 heavy (non-hydrogen) atoms. The third-order valence-corrected chi connectivity index (χ3v) is 2.10. The number of rotatable bonds is 4. The monoisotopic (exact) mass is 261 g/mol. The van der Waals surface area contributed by atoms with Crippen LogP contribution < -0.4 is 5.32 Å². The molecule has 0 saturated heterocycles. The molecule has 0 aromatic heterocycles. The highest BCUT2D eigenvalue weighted by Gasteiger charge is 2.30. The molecule has 0 aliphatic carbocycles. The van der Waals surface area contributed by atoms with E-state index >= 15 is 0 Å². The van der Waals surface area contributed by atoms with Gasteiger partial charge in [0.1, 0.15) is 0 Å². The van der Waals surface area contributed by atoms with Crippen LogP contribution in [0.4, 0.5) is 13.2 Å². The van der Waals surface area contributed by atoms with Crippen molar-refractivity contribution in [2.24, 2.45) is 0 Å². The quantitative estimate of drug-likeness (QED) is 0.870. The van der Waals surface area contributed by atoms with Gasteiger partial charge >= 0.3 is 12.1 Å². The summed E-state index contributed by atoms with van der Waals surface area (Å²) in [7, 11) is 0. The number of alkyl halides is 3. The Bertz CT molecular complexity index is 440. The second-order valence-corrected chi connectivity index (χ2v) is 3.47. The summed E-state index contributed by atoms with van der Waals surface area (Å²) < 4.78 is 36.7. The van der Waals surface area contributed by atoms with Crippen molar-refractivity contribution in [3.63, 3.8) is 0 Å². The third kappa shape index (κ3) is 4.08. The molecule has 0 spiro atoms. The van der Waals surface area contributed by atoms with Crippen molar-refractivity contribution in [1.82, 2.24) is 5.32 Å². The van der Waals surface area contributed by atoms with E-state index in [-0.39, 0.29) is 18.5 Å². The van der Waals surface area contributed by atoms with E-state index in [9.17, 15) is 22.8 Å². The van der Waals surface area contributed by atoms with Crippen molar-refractivity contribution in [1.29, 1.82) is 0 Å². The largest absolute Gasteiger partial charge is 0.481 e. The van der Waals surface area contributed by atoms with Crippen LogP contribution in [0.25, 0.3) is 0 Å². The van der Waals surface area contributed by atoms with E-state index in [4.69, 9.17) is 5.11 Å². The second kappa shape index (κ2) is 5.52. The first-order valence-electron chi connectivity index (χ1n) is 4.98. The highest BCUT2D eigenvalue weighted by Crippen LogP contribution is 2.28. The number of halogens is 3. The highest BCUT2D eigenvalue weighted by molar-refractivity contribution is 5.94. The lowest BCUT2D eigenvalue weighted by molar-refractivity contribution is -0.138. The molecule has 1 aromatic carbocycles. The summed E-state index contributed by atoms with van der Waals surface area (Å²) >= 11 is 0. The van der Waals surface area contributed by atoms with Gasteiger partial charge in [0.05, 0.1) is 12.0 Å². The van der Waals surface area contributed by atoms with Gasteiger partial charge in [-0.1, -0.05) is 0 Å². The van der Waals surface area contributed by atoms with Crippen molar-refractivity contribution in [2.75, 3.05) is 6.54 Å². The summed E-state index contributed by atoms with van der Waals surface area (Å²) in [4.78, 5) is 21.6. The summed E-state index contributed by atoms with van der Waals surface area (Å²) in [5, 5.41) is 10.6. The number of aliphatic carboxylic acids is 1. The van der Waals surface area contributed by atoms with E-state index < -0.39 is 23.6 Å². The van der Waals surface area contributed by atoms with Crippen molar-refractivity contribution < 1.29 is 27.9 Å². The molecule has 0 radical (unpaired) electrons. The van der Waals surface area contributed by atoms with Gasteiger partial charge in [0.25, 0.3) is 5.91 Å². The van der Waals surface area contributed by atoms with E-state index in [1.54, 1.807) is 0 Å². The van der Waals surface area contributed by atoms with Crippen LogP contribution in [0.15, 0.2) is 24.3 Å². The van der Waals surface area contributed by atoms with E-state index in [1.807, 2.05) is 0 Å². The maximum absolute atomic E-state index is 12.2. The standard InChI is InChI=1S/C11H10F3NO3/c12-11(13,14)8-3-1-7(2-4-8)10(18)15-6-5-9(16)17/h1-4H,5-6H2,(H,15,18)(H,16,17). The van der Waals surface area contributed by atoms with Crippen LogP contribution in [0.5, 0.6) is 0 Å². The average Bonchev–Trinajstić information content (AvgIpc) is 2.27. The summed E-state index contributed by atoms with van der Waals surface area (Å²) in [5.74, 6) is -1.67. The number of benzene rings is 1. The van der Waals surface area contributed by atoms with Crippen LogP contribution in [-0.2, 0) is 11.0 Å². The number of nitrogens with one attached hydrogen (secondary N) is 1. The normalized spacial score (nSPS) is 11.1. The predicted molar refractivity (Wildman–Crippen MR) is 56.0 cm³/mol. The fraction of sp³-hybridized carbons (Fsp3) is 0.273. The van der Waals surface area contributed by atoms with Gasteiger partial charge in [-0.2, -0.15) is 13.2 Å². The third-order valence-electron chi connectivity index (χ3n) is 2.10. The van der Waals surface area contributed by atoms with Crippen LogP contribution in [0, 0.1) is 0 Å². The number of carbonyl (C=O) groups is 2. The minimum Gasteiger partial charge on any atom is -0.481 e. The number of amides is 1. The fourth-order valence-electron chi connectivity index (χ4n) is 1.20. The number of hydrogen-bond donors (Lipinski definition) is 2. The van der Waals surface area contributed by atoms with Crippen LogP contribution in [0.2, 0.25) is 0 Å². The molecule has 1 aromatic rings. The molecule has 0 unspecified atom stereocenters. The molecule has 0 atom stereocenters. The lowest BCUT2D eigenvalue weighted by Gasteiger charge is -2.07. The molecule has 0 fully saturated rings. The van der Waals surface area contributed by atoms with Gasteiger partial charge in [0.2, 0.25) is 0 Å². The summed E-state index contributed by atoms with van der Waals surface area (Å²) in [6, 6.07) is 3.68. The number of hydrogen-bond acceptors (Lipinski definition) is 2. The average molecular weight is 261 g/mol. The summed E-state index contributed by atoms with van der Waals surface area (Å²) in [6.45, 7) is -0.0742. The number of carboxylic acid groups (broad SMARTS) is 1. The number of carboxylic acids is 1. The zero-order valence-electron chi connectivity index (χ0n) is 9.12. The first-order valence-corrected chi connectivity index (χ1v) is 4.98. The van der Waals surface area contributed by atoms with Crippen LogP contribution in [-0.4, -0.2) is 23.5 Å². The topological polar surface area (TPSA) is 66.4 Å². The Morgan fingerprint density at radius 2 is 1.72 bits per heavy atom. The Labute approximate surface area is 100 Å². The molecule has 0 aliphatic rings. The Morgan fingerprint density at radius 3 is 2.17 bits per heavy atom. The second-order valence-electron chi connectivity index (χ2n) is 3.47. The van der Waals surface area contributed by atoms with Crippen LogP contribution in [0.3, 0.4) is 0 Å². The Morgan fingerprint density at radius 1 is 1.17 bits per heavy atom. The van der Waals surface area contributed by atoms with Gasteiger partial charge in [0, 0.05) is 12.1 Å². The lowest BCUT2D eigenvalue weighted by Crippen LogP contribution is -2.26. The van der Waals surface area contributed by atoms with E-state index in [0.717, 1.165) is 24.3 Å². The van der Waals surface area contributed by atoms with E-state index in [1.165, 1.54) is 0 Å². The predicted octanol–water partition coefficient (Wildman–Crippen LogP) is 1.91. The van der Waals surface area contributed by atoms with Gasteiger partial charge in [-0.15, -0.1) is 0 Å². The maximum atomic E-state index is 12.2. The van der Waals surface area contributed by atoms with E-state index in [0.29, 0.717) is 0 Å². The Kier molecular flexibility index (Phi) is 4.30. The van der Waals surface area contributed by atoms with Gasteiger partial charge in [-0.05, 0) is 24.3 Å². The summed E-state index contributed by atoms with van der Waals surface area (Å²) in [5.41, 5.74) is -0.794. The molecule has 0 aliphatic heterocycles. The molecule has 1 amide bonds. The van der Waals surface area contributed by atoms with Crippen molar-refractivity contribution in [3.8, 4) is 0 Å². The minimum absolute atomic E-state index is 0.0494. The van der Waals surface area contributed by atoms with Crippen molar-refractivity contribution >= 4 is 11.9 Å². The van der Waals surface area contributed by atoms with E-state index in [2.05, 4.69) is 5.32 Å². The van der Waals surface area contributed by atoms with Gasteiger partial charge in [0.15, 0.2) is 0 Å². The molecule has 0 bridgehead atoms. The molecular weight excluding hydrogens is 251 g/mol. The highest BCUT2D eigenvalue weighted by atomic mass is 19.4. The summed E-state index contributed by atoms with van der Waals surface area (Å²) in [6.07, 6.45) is -4.69. The smallest absolute Gasteiger partial charge is 0.416 e. The SMILES string of the molecule is O=C(O)CCNC(=O)c1ccc(C(F)(F)F)cc1. The molecule has 0 heterocycles. The zero-order chi connectivity index (χ0) is 13.8. The van der Waals surface area contributed by atoms with Gasteiger partial charge < -0.3 is 10.4 Å².